The third-order valence-electron chi connectivity index (χ3n) is 3.61. The molecule has 0 heterocycles. The molecule has 0 bridgehead atoms. The van der Waals surface area contributed by atoms with Crippen molar-refractivity contribution in [3.63, 3.8) is 0 Å². The molecule has 0 aliphatic heterocycles. The summed E-state index contributed by atoms with van der Waals surface area (Å²) in [7, 11) is -4.19. The number of hydrogen-bond acceptors (Lipinski definition) is 3. The molecule has 3 nitrogen and oxygen atoms in total. The van der Waals surface area contributed by atoms with Gasteiger partial charge in [0.1, 0.15) is 9.73 Å². The number of alkyl halides is 2. The Balaban J connectivity index is 2.23. The van der Waals surface area contributed by atoms with Crippen LogP contribution >= 0.6 is 0 Å². The second-order valence-electron chi connectivity index (χ2n) is 4.97. The molecule has 0 radical (unpaired) electrons. The fraction of sp³-hybridized carbons (Fsp3) is 0.538. The van der Waals surface area contributed by atoms with E-state index < -0.39 is 33.4 Å². The summed E-state index contributed by atoms with van der Waals surface area (Å²) in [6.07, 6.45) is 0.251. The first-order valence-electron chi connectivity index (χ1n) is 6.24. The van der Waals surface area contributed by atoms with E-state index in [-0.39, 0.29) is 4.90 Å². The van der Waals surface area contributed by atoms with Gasteiger partial charge in [-0.3, -0.25) is 0 Å². The summed E-state index contributed by atoms with van der Waals surface area (Å²) in [5.41, 5.74) is 0. The minimum atomic E-state index is -4.19. The molecule has 0 saturated heterocycles. The zero-order valence-corrected chi connectivity index (χ0v) is 11.2. The summed E-state index contributed by atoms with van der Waals surface area (Å²) in [5, 5.41) is 5.98. The number of nitrogens with one attached hydrogen (secondary N) is 1. The van der Waals surface area contributed by atoms with Crippen molar-refractivity contribution in [3.05, 3.63) is 30.3 Å². The van der Waals surface area contributed by atoms with Gasteiger partial charge in [0.25, 0.3) is 0 Å². The molecule has 3 unspecified atom stereocenters. The molecule has 0 amide bonds. The predicted molar refractivity (Wildman–Crippen MR) is 68.5 cm³/mol. The lowest BCUT2D eigenvalue weighted by molar-refractivity contribution is 0.0336. The van der Waals surface area contributed by atoms with Crippen molar-refractivity contribution in [2.75, 3.05) is 0 Å². The van der Waals surface area contributed by atoms with Crippen molar-refractivity contribution in [3.8, 4) is 0 Å². The first-order chi connectivity index (χ1) is 8.84. The Morgan fingerprint density at radius 3 is 2.47 bits per heavy atom. The van der Waals surface area contributed by atoms with E-state index >= 15 is 0 Å². The molecule has 106 valence electrons. The van der Waals surface area contributed by atoms with Crippen LogP contribution in [-0.4, -0.2) is 20.7 Å². The summed E-state index contributed by atoms with van der Waals surface area (Å²) < 4.78 is 48.0. The Morgan fingerprint density at radius 2 is 1.95 bits per heavy atom. The maximum atomic E-state index is 14.1. The van der Waals surface area contributed by atoms with Crippen LogP contribution in [0.15, 0.2) is 35.2 Å². The minimum absolute atomic E-state index is 0.160. The average molecular weight is 289 g/mol. The van der Waals surface area contributed by atoms with Gasteiger partial charge in [0.05, 0.1) is 11.0 Å². The SMILES string of the molecule is N=S(=O)(c1ccccc1)C(F)(F)CC1CCCC1O. The largest absolute Gasteiger partial charge is 0.393 e. The van der Waals surface area contributed by atoms with Gasteiger partial charge in [-0.05, 0) is 30.9 Å². The van der Waals surface area contributed by atoms with Crippen molar-refractivity contribution in [2.45, 2.75) is 41.9 Å². The van der Waals surface area contributed by atoms with E-state index in [0.717, 1.165) is 0 Å². The highest BCUT2D eigenvalue weighted by molar-refractivity contribution is 7.93. The monoisotopic (exact) mass is 289 g/mol. The Bertz CT molecular complexity index is 531. The number of halogens is 2. The number of benzene rings is 1. The molecular weight excluding hydrogens is 272 g/mol. The number of rotatable bonds is 4. The molecule has 1 saturated carbocycles. The summed E-state index contributed by atoms with van der Waals surface area (Å²) >= 11 is 0. The highest BCUT2D eigenvalue weighted by Gasteiger charge is 2.46. The second kappa shape index (κ2) is 5.17. The van der Waals surface area contributed by atoms with Crippen LogP contribution in [0.4, 0.5) is 8.78 Å². The van der Waals surface area contributed by atoms with Crippen LogP contribution < -0.4 is 0 Å². The van der Waals surface area contributed by atoms with Crippen LogP contribution in [0.1, 0.15) is 25.7 Å². The normalized spacial score (nSPS) is 27.1. The predicted octanol–water partition coefficient (Wildman–Crippen LogP) is 3.24. The van der Waals surface area contributed by atoms with Crippen LogP contribution in [0.25, 0.3) is 0 Å². The zero-order valence-electron chi connectivity index (χ0n) is 10.4. The topological polar surface area (TPSA) is 61.2 Å². The molecule has 1 aromatic rings. The van der Waals surface area contributed by atoms with Gasteiger partial charge >= 0.3 is 5.25 Å². The van der Waals surface area contributed by atoms with Gasteiger partial charge in [-0.1, -0.05) is 24.6 Å². The van der Waals surface area contributed by atoms with Crippen molar-refractivity contribution in [1.29, 1.82) is 4.78 Å². The smallest absolute Gasteiger partial charge is 0.332 e. The summed E-state index contributed by atoms with van der Waals surface area (Å²) in [4.78, 5) is -0.160. The van der Waals surface area contributed by atoms with Crippen molar-refractivity contribution < 1.29 is 18.1 Å². The highest BCUT2D eigenvalue weighted by Crippen LogP contribution is 2.40. The standard InChI is InChI=1S/C13H17F2NO2S/c14-13(15,9-10-5-4-8-12(10)17)19(16,18)11-6-2-1-3-7-11/h1-3,6-7,10,12,16-17H,4-5,8-9H2. The Morgan fingerprint density at radius 1 is 1.32 bits per heavy atom. The maximum absolute atomic E-state index is 14.1. The van der Waals surface area contributed by atoms with Gasteiger partial charge < -0.3 is 5.11 Å². The lowest BCUT2D eigenvalue weighted by Crippen LogP contribution is -2.32. The van der Waals surface area contributed by atoms with Gasteiger partial charge in [-0.25, -0.2) is 8.99 Å². The lowest BCUT2D eigenvalue weighted by Gasteiger charge is -2.24. The van der Waals surface area contributed by atoms with Crippen LogP contribution in [0, 0.1) is 10.7 Å². The molecule has 1 aliphatic carbocycles. The van der Waals surface area contributed by atoms with Crippen molar-refractivity contribution >= 4 is 9.73 Å². The molecule has 0 aromatic heterocycles. The molecule has 19 heavy (non-hydrogen) atoms. The molecular formula is C13H17F2NO2S. The van der Waals surface area contributed by atoms with Gasteiger partial charge in [-0.15, -0.1) is 0 Å². The molecule has 1 aliphatic rings. The molecule has 0 spiro atoms. The van der Waals surface area contributed by atoms with E-state index in [4.69, 9.17) is 4.78 Å². The van der Waals surface area contributed by atoms with Gasteiger partial charge in [0, 0.05) is 6.42 Å². The lowest BCUT2D eigenvalue weighted by atomic mass is 10.0. The second-order valence-corrected chi connectivity index (χ2v) is 7.15. The molecule has 3 atom stereocenters. The van der Waals surface area contributed by atoms with E-state index in [1.54, 1.807) is 6.07 Å². The number of hydrogen-bond donors (Lipinski definition) is 2. The van der Waals surface area contributed by atoms with Crippen LogP contribution in [0.3, 0.4) is 0 Å². The third-order valence-corrected chi connectivity index (χ3v) is 5.56. The van der Waals surface area contributed by atoms with E-state index in [2.05, 4.69) is 0 Å². The number of aliphatic hydroxyl groups excluding tert-OH is 1. The Kier molecular flexibility index (Phi) is 3.92. The zero-order chi connectivity index (χ0) is 14.1. The molecule has 2 rings (SSSR count). The first kappa shape index (κ1) is 14.4. The maximum Gasteiger partial charge on any atom is 0.332 e. The van der Waals surface area contributed by atoms with E-state index in [9.17, 15) is 18.1 Å². The number of aliphatic hydroxyl groups is 1. The molecule has 1 aromatic carbocycles. The van der Waals surface area contributed by atoms with Gasteiger partial charge in [0.15, 0.2) is 0 Å². The quantitative estimate of drug-likeness (QED) is 0.894. The first-order valence-corrected chi connectivity index (χ1v) is 7.80. The fourth-order valence-corrected chi connectivity index (χ4v) is 3.80. The van der Waals surface area contributed by atoms with Crippen molar-refractivity contribution in [1.82, 2.24) is 0 Å². The van der Waals surface area contributed by atoms with E-state index in [1.165, 1.54) is 24.3 Å². The van der Waals surface area contributed by atoms with Crippen LogP contribution in [0.5, 0.6) is 0 Å². The molecule has 2 N–H and O–H groups in total. The summed E-state index contributed by atoms with van der Waals surface area (Å²) in [6.45, 7) is 0. The van der Waals surface area contributed by atoms with Gasteiger partial charge in [0.2, 0.25) is 0 Å². The fourth-order valence-electron chi connectivity index (χ4n) is 2.46. The highest BCUT2D eigenvalue weighted by atomic mass is 32.2. The third kappa shape index (κ3) is 2.79. The van der Waals surface area contributed by atoms with E-state index in [0.29, 0.717) is 19.3 Å². The van der Waals surface area contributed by atoms with Crippen LogP contribution in [-0.2, 0) is 9.73 Å². The Hall–Kier alpha value is -1.01. The molecule has 6 heteroatoms. The van der Waals surface area contributed by atoms with E-state index in [1.807, 2.05) is 0 Å². The van der Waals surface area contributed by atoms with Crippen molar-refractivity contribution in [2.24, 2.45) is 5.92 Å². The molecule has 1 fully saturated rings. The average Bonchev–Trinajstić information content (AvgIpc) is 2.75. The Labute approximate surface area is 111 Å². The summed E-state index contributed by atoms with van der Waals surface area (Å²) in [6, 6.07) is 7.18. The van der Waals surface area contributed by atoms with Crippen LogP contribution in [0.2, 0.25) is 0 Å². The summed E-state index contributed by atoms with van der Waals surface area (Å²) in [5.74, 6) is -0.565. The van der Waals surface area contributed by atoms with Gasteiger partial charge in [-0.2, -0.15) is 8.78 Å². The minimum Gasteiger partial charge on any atom is -0.393 e.